The van der Waals surface area contributed by atoms with E-state index in [1.807, 2.05) is 24.3 Å². The number of carbonyl (C=O) groups excluding carboxylic acids is 2. The second-order valence-corrected chi connectivity index (χ2v) is 8.30. The molecule has 2 aromatic carbocycles. The molecule has 168 valence electrons. The minimum atomic E-state index is -0.595. The average molecular weight is 447 g/mol. The van der Waals surface area contributed by atoms with Gasteiger partial charge in [-0.3, -0.25) is 9.59 Å². The highest BCUT2D eigenvalue weighted by Gasteiger charge is 2.26. The van der Waals surface area contributed by atoms with Crippen LogP contribution in [0.1, 0.15) is 37.8 Å². The van der Waals surface area contributed by atoms with Gasteiger partial charge in [0.15, 0.2) is 0 Å². The first-order valence-corrected chi connectivity index (χ1v) is 11.6. The van der Waals surface area contributed by atoms with Gasteiger partial charge in [0.25, 0.3) is 0 Å². The summed E-state index contributed by atoms with van der Waals surface area (Å²) in [5.74, 6) is 0.971. The molecule has 7 heteroatoms. The molecule has 0 aliphatic rings. The molecule has 0 aliphatic carbocycles. The Kier molecular flexibility index (Phi) is 10.4. The van der Waals surface area contributed by atoms with Crippen LogP contribution in [0, 0.1) is 5.82 Å². The predicted octanol–water partition coefficient (Wildman–Crippen LogP) is 4.40. The Morgan fingerprint density at radius 2 is 1.90 bits per heavy atom. The molecular weight excluding hydrogens is 415 g/mol. The number of nitrogens with one attached hydrogen (secondary N) is 1. The largest absolute Gasteiger partial charge is 0.497 e. The molecule has 1 N–H and O–H groups in total. The van der Waals surface area contributed by atoms with Gasteiger partial charge in [0.2, 0.25) is 11.8 Å². The third-order valence-electron chi connectivity index (χ3n) is 4.89. The normalized spacial score (nSPS) is 11.6. The Hall–Kier alpha value is -2.54. The van der Waals surface area contributed by atoms with Crippen molar-refractivity contribution in [1.29, 1.82) is 0 Å². The topological polar surface area (TPSA) is 58.6 Å². The highest BCUT2D eigenvalue weighted by molar-refractivity contribution is 7.99. The number of thioether (sulfide) groups is 1. The maximum absolute atomic E-state index is 13.1. The number of carbonyl (C=O) groups is 2. The summed E-state index contributed by atoms with van der Waals surface area (Å²) < 4.78 is 18.3. The van der Waals surface area contributed by atoms with E-state index in [9.17, 15) is 14.0 Å². The van der Waals surface area contributed by atoms with Crippen LogP contribution in [-0.2, 0) is 21.9 Å². The zero-order valence-electron chi connectivity index (χ0n) is 18.4. The molecule has 0 radical (unpaired) electrons. The van der Waals surface area contributed by atoms with Crippen molar-refractivity contribution < 1.29 is 18.7 Å². The number of rotatable bonds is 12. The molecule has 0 fully saturated rings. The monoisotopic (exact) mass is 446 g/mol. The lowest BCUT2D eigenvalue weighted by Crippen LogP contribution is -2.48. The van der Waals surface area contributed by atoms with Crippen molar-refractivity contribution in [1.82, 2.24) is 10.2 Å². The molecular formula is C24H31FN2O3S. The number of unbranched alkanes of at least 4 members (excludes halogenated alkanes) is 1. The molecule has 1 atom stereocenters. The van der Waals surface area contributed by atoms with Crippen LogP contribution in [-0.4, -0.2) is 42.2 Å². The number of amides is 2. The van der Waals surface area contributed by atoms with Crippen molar-refractivity contribution in [3.05, 3.63) is 65.5 Å². The van der Waals surface area contributed by atoms with Gasteiger partial charge < -0.3 is 15.0 Å². The summed E-state index contributed by atoms with van der Waals surface area (Å²) in [6.45, 7) is 4.73. The third-order valence-corrected chi connectivity index (χ3v) is 5.88. The van der Waals surface area contributed by atoms with Gasteiger partial charge in [0, 0.05) is 18.8 Å². The summed E-state index contributed by atoms with van der Waals surface area (Å²) in [6, 6.07) is 13.1. The molecule has 2 aromatic rings. The van der Waals surface area contributed by atoms with Gasteiger partial charge in [-0.05, 0) is 48.7 Å². The van der Waals surface area contributed by atoms with Crippen molar-refractivity contribution in [3.63, 3.8) is 0 Å². The fourth-order valence-corrected chi connectivity index (χ4v) is 3.88. The van der Waals surface area contributed by atoms with Gasteiger partial charge in [-0.15, -0.1) is 11.8 Å². The Balaban J connectivity index is 2.06. The fraction of sp³-hybridized carbons (Fsp3) is 0.417. The van der Waals surface area contributed by atoms with Gasteiger partial charge in [-0.1, -0.05) is 37.6 Å². The third kappa shape index (κ3) is 8.25. The Morgan fingerprint density at radius 1 is 1.16 bits per heavy atom. The quantitative estimate of drug-likeness (QED) is 0.491. The van der Waals surface area contributed by atoms with E-state index in [-0.39, 0.29) is 23.4 Å². The van der Waals surface area contributed by atoms with E-state index in [4.69, 9.17) is 4.74 Å². The average Bonchev–Trinajstić information content (AvgIpc) is 2.78. The Labute approximate surface area is 188 Å². The number of halogens is 1. The van der Waals surface area contributed by atoms with Crippen molar-refractivity contribution >= 4 is 23.6 Å². The second kappa shape index (κ2) is 13.0. The molecule has 0 aliphatic heterocycles. The van der Waals surface area contributed by atoms with Crippen molar-refractivity contribution in [2.24, 2.45) is 0 Å². The van der Waals surface area contributed by atoms with Crippen LogP contribution >= 0.6 is 11.8 Å². The summed E-state index contributed by atoms with van der Waals surface area (Å²) in [6.07, 6.45) is 1.89. The van der Waals surface area contributed by atoms with Gasteiger partial charge in [-0.2, -0.15) is 0 Å². The first kappa shape index (κ1) is 24.7. The SMILES string of the molecule is CCCCNC(=O)C(C)N(Cc1cccc(OC)c1)C(=O)CSCc1ccc(F)cc1. The van der Waals surface area contributed by atoms with Gasteiger partial charge >= 0.3 is 0 Å². The molecule has 31 heavy (non-hydrogen) atoms. The van der Waals surface area contributed by atoms with E-state index in [0.29, 0.717) is 24.6 Å². The van der Waals surface area contributed by atoms with Crippen LogP contribution in [0.25, 0.3) is 0 Å². The van der Waals surface area contributed by atoms with E-state index in [0.717, 1.165) is 24.0 Å². The van der Waals surface area contributed by atoms with Gasteiger partial charge in [-0.25, -0.2) is 4.39 Å². The lowest BCUT2D eigenvalue weighted by Gasteiger charge is -2.29. The highest BCUT2D eigenvalue weighted by Crippen LogP contribution is 2.18. The van der Waals surface area contributed by atoms with Crippen molar-refractivity contribution in [2.75, 3.05) is 19.4 Å². The van der Waals surface area contributed by atoms with Crippen LogP contribution in [0.4, 0.5) is 4.39 Å². The summed E-state index contributed by atoms with van der Waals surface area (Å²) in [7, 11) is 1.60. The fourth-order valence-electron chi connectivity index (χ4n) is 3.01. The summed E-state index contributed by atoms with van der Waals surface area (Å²) in [5.41, 5.74) is 1.84. The first-order valence-electron chi connectivity index (χ1n) is 10.5. The summed E-state index contributed by atoms with van der Waals surface area (Å²) >= 11 is 1.45. The van der Waals surface area contributed by atoms with Gasteiger partial charge in [0.05, 0.1) is 12.9 Å². The van der Waals surface area contributed by atoms with Crippen LogP contribution in [0.2, 0.25) is 0 Å². The standard InChI is InChI=1S/C24H31FN2O3S/c1-4-5-13-26-24(29)18(2)27(15-20-7-6-8-22(14-20)30-3)23(28)17-31-16-19-9-11-21(25)12-10-19/h6-12,14,18H,4-5,13,15-17H2,1-3H3,(H,26,29). The van der Waals surface area contributed by atoms with E-state index >= 15 is 0 Å². The Bertz CT molecular complexity index is 845. The second-order valence-electron chi connectivity index (χ2n) is 7.31. The summed E-state index contributed by atoms with van der Waals surface area (Å²) in [5, 5.41) is 2.91. The van der Waals surface area contributed by atoms with E-state index in [2.05, 4.69) is 12.2 Å². The zero-order chi connectivity index (χ0) is 22.6. The molecule has 2 amide bonds. The lowest BCUT2D eigenvalue weighted by atomic mass is 10.1. The number of hydrogen-bond acceptors (Lipinski definition) is 4. The van der Waals surface area contributed by atoms with Crippen molar-refractivity contribution in [2.45, 2.75) is 45.0 Å². The number of hydrogen-bond donors (Lipinski definition) is 1. The summed E-state index contributed by atoms with van der Waals surface area (Å²) in [4.78, 5) is 27.3. The van der Waals surface area contributed by atoms with Crippen LogP contribution in [0.3, 0.4) is 0 Å². The van der Waals surface area contributed by atoms with Crippen molar-refractivity contribution in [3.8, 4) is 5.75 Å². The number of ether oxygens (including phenoxy) is 1. The van der Waals surface area contributed by atoms with Gasteiger partial charge in [0.1, 0.15) is 17.6 Å². The molecule has 0 saturated carbocycles. The van der Waals surface area contributed by atoms with E-state index < -0.39 is 6.04 Å². The number of benzene rings is 2. The molecule has 0 bridgehead atoms. The molecule has 2 rings (SSSR count). The smallest absolute Gasteiger partial charge is 0.242 e. The maximum atomic E-state index is 13.1. The first-order chi connectivity index (χ1) is 14.9. The van der Waals surface area contributed by atoms with E-state index in [1.54, 1.807) is 31.1 Å². The van der Waals surface area contributed by atoms with Crippen LogP contribution < -0.4 is 10.1 Å². The number of nitrogens with zero attached hydrogens (tertiary/aromatic N) is 1. The molecule has 0 spiro atoms. The lowest BCUT2D eigenvalue weighted by molar-refractivity contribution is -0.138. The molecule has 0 heterocycles. The zero-order valence-corrected chi connectivity index (χ0v) is 19.2. The van der Waals surface area contributed by atoms with E-state index in [1.165, 1.54) is 23.9 Å². The van der Waals surface area contributed by atoms with Crippen LogP contribution in [0.5, 0.6) is 5.75 Å². The van der Waals surface area contributed by atoms with Crippen LogP contribution in [0.15, 0.2) is 48.5 Å². The molecule has 0 aromatic heterocycles. The molecule has 1 unspecified atom stereocenters. The Morgan fingerprint density at radius 3 is 2.58 bits per heavy atom. The molecule has 0 saturated heterocycles. The maximum Gasteiger partial charge on any atom is 0.242 e. The minimum Gasteiger partial charge on any atom is -0.497 e. The highest BCUT2D eigenvalue weighted by atomic mass is 32.2. The minimum absolute atomic E-state index is 0.118. The molecule has 5 nitrogen and oxygen atoms in total. The number of methoxy groups -OCH3 is 1. The predicted molar refractivity (Wildman–Crippen MR) is 123 cm³/mol.